The fourth-order valence-corrected chi connectivity index (χ4v) is 2.24. The Bertz CT molecular complexity index is 842. The molecule has 20 heavy (non-hydrogen) atoms. The van der Waals surface area contributed by atoms with E-state index in [1.54, 1.807) is 11.7 Å². The van der Waals surface area contributed by atoms with E-state index in [0.29, 0.717) is 30.0 Å². The van der Waals surface area contributed by atoms with Gasteiger partial charge in [0.15, 0.2) is 5.52 Å². The first-order valence-corrected chi connectivity index (χ1v) is 6.34. The summed E-state index contributed by atoms with van der Waals surface area (Å²) in [6, 6.07) is 7.54. The van der Waals surface area contributed by atoms with E-state index in [1.165, 1.54) is 0 Å². The second kappa shape index (κ2) is 4.97. The molecule has 3 rings (SSSR count). The minimum absolute atomic E-state index is 0.178. The van der Waals surface area contributed by atoms with Gasteiger partial charge in [-0.1, -0.05) is 18.2 Å². The number of benzene rings is 1. The monoisotopic (exact) mass is 270 g/mol. The van der Waals surface area contributed by atoms with Crippen LogP contribution < -0.4 is 5.56 Å². The van der Waals surface area contributed by atoms with Crippen LogP contribution in [-0.4, -0.2) is 33.5 Å². The first kappa shape index (κ1) is 12.7. The van der Waals surface area contributed by atoms with Gasteiger partial charge in [-0.2, -0.15) is 0 Å². The topological polar surface area (TPSA) is 69.9 Å². The maximum atomic E-state index is 12.5. The lowest BCUT2D eigenvalue weighted by Gasteiger charge is -2.10. The van der Waals surface area contributed by atoms with Crippen LogP contribution in [0.15, 0.2) is 29.1 Å². The van der Waals surface area contributed by atoms with Crippen LogP contribution in [0.5, 0.6) is 0 Å². The molecule has 0 saturated heterocycles. The standard InChI is InChI=1S/C14H14N4O2/c1-9-15-12-10-5-3-4-6-11(10)16-17-13(12)14(19)18(9)7-8-20-2/h3-6H,7-8H2,1-2H3. The van der Waals surface area contributed by atoms with Gasteiger partial charge in [0, 0.05) is 12.5 Å². The maximum absolute atomic E-state index is 12.5. The highest BCUT2D eigenvalue weighted by atomic mass is 16.5. The van der Waals surface area contributed by atoms with Crippen molar-refractivity contribution in [1.29, 1.82) is 0 Å². The SMILES string of the molecule is COCCn1c(C)nc2c(nnc3ccccc32)c1=O. The minimum atomic E-state index is -0.178. The summed E-state index contributed by atoms with van der Waals surface area (Å²) < 4.78 is 6.58. The second-order valence-electron chi connectivity index (χ2n) is 4.52. The summed E-state index contributed by atoms with van der Waals surface area (Å²) in [5.41, 5.74) is 1.46. The number of fused-ring (bicyclic) bond motifs is 3. The van der Waals surface area contributed by atoms with E-state index in [2.05, 4.69) is 15.2 Å². The molecule has 0 saturated carbocycles. The number of nitrogens with zero attached hydrogens (tertiary/aromatic N) is 4. The van der Waals surface area contributed by atoms with Gasteiger partial charge < -0.3 is 4.74 Å². The number of methoxy groups -OCH3 is 1. The summed E-state index contributed by atoms with van der Waals surface area (Å²) in [4.78, 5) is 17.0. The third kappa shape index (κ3) is 1.94. The predicted octanol–water partition coefficient (Wildman–Crippen LogP) is 1.29. The van der Waals surface area contributed by atoms with Crippen molar-refractivity contribution in [2.75, 3.05) is 13.7 Å². The third-order valence-electron chi connectivity index (χ3n) is 3.27. The Morgan fingerprint density at radius 1 is 1.20 bits per heavy atom. The maximum Gasteiger partial charge on any atom is 0.282 e. The average molecular weight is 270 g/mol. The molecule has 0 radical (unpaired) electrons. The van der Waals surface area contributed by atoms with E-state index in [4.69, 9.17) is 4.74 Å². The normalized spacial score (nSPS) is 11.3. The van der Waals surface area contributed by atoms with Crippen molar-refractivity contribution in [2.45, 2.75) is 13.5 Å². The molecule has 0 atom stereocenters. The van der Waals surface area contributed by atoms with Gasteiger partial charge in [0.1, 0.15) is 11.3 Å². The summed E-state index contributed by atoms with van der Waals surface area (Å²) >= 11 is 0. The lowest BCUT2D eigenvalue weighted by atomic mass is 10.2. The highest BCUT2D eigenvalue weighted by Crippen LogP contribution is 2.17. The van der Waals surface area contributed by atoms with Gasteiger partial charge in [-0.25, -0.2) is 4.98 Å². The summed E-state index contributed by atoms with van der Waals surface area (Å²) in [7, 11) is 1.60. The van der Waals surface area contributed by atoms with Crippen molar-refractivity contribution < 1.29 is 4.74 Å². The molecule has 0 aliphatic rings. The molecule has 6 heteroatoms. The molecule has 1 aromatic carbocycles. The van der Waals surface area contributed by atoms with E-state index < -0.39 is 0 Å². The Morgan fingerprint density at radius 3 is 2.80 bits per heavy atom. The fraction of sp³-hybridized carbons (Fsp3) is 0.286. The van der Waals surface area contributed by atoms with E-state index in [-0.39, 0.29) is 5.56 Å². The number of aromatic nitrogens is 4. The van der Waals surface area contributed by atoms with Crippen molar-refractivity contribution in [3.63, 3.8) is 0 Å². The Balaban J connectivity index is 2.34. The zero-order valence-corrected chi connectivity index (χ0v) is 11.3. The van der Waals surface area contributed by atoms with Gasteiger partial charge in [0.05, 0.1) is 18.7 Å². The molecule has 0 amide bonds. The van der Waals surface area contributed by atoms with Gasteiger partial charge in [-0.05, 0) is 13.0 Å². The number of hydrogen-bond donors (Lipinski definition) is 0. The van der Waals surface area contributed by atoms with E-state index in [1.807, 2.05) is 31.2 Å². The molecule has 102 valence electrons. The first-order chi connectivity index (χ1) is 9.72. The molecule has 0 N–H and O–H groups in total. The molecule has 2 aromatic heterocycles. The van der Waals surface area contributed by atoms with Gasteiger partial charge in [-0.15, -0.1) is 10.2 Å². The van der Waals surface area contributed by atoms with Crippen LogP contribution in [0.4, 0.5) is 0 Å². The molecule has 0 spiro atoms. The van der Waals surface area contributed by atoms with Crippen molar-refractivity contribution in [3.05, 3.63) is 40.4 Å². The van der Waals surface area contributed by atoms with Gasteiger partial charge in [0.2, 0.25) is 0 Å². The summed E-state index contributed by atoms with van der Waals surface area (Å²) in [5, 5.41) is 8.96. The van der Waals surface area contributed by atoms with Gasteiger partial charge >= 0.3 is 0 Å². The Hall–Kier alpha value is -2.34. The summed E-state index contributed by atoms with van der Waals surface area (Å²) in [6.07, 6.45) is 0. The first-order valence-electron chi connectivity index (χ1n) is 6.34. The van der Waals surface area contributed by atoms with Crippen LogP contribution in [0.2, 0.25) is 0 Å². The van der Waals surface area contributed by atoms with E-state index >= 15 is 0 Å². The smallest absolute Gasteiger partial charge is 0.282 e. The summed E-state index contributed by atoms with van der Waals surface area (Å²) in [6.45, 7) is 2.72. The minimum Gasteiger partial charge on any atom is -0.383 e. The van der Waals surface area contributed by atoms with Crippen LogP contribution in [0.3, 0.4) is 0 Å². The molecular weight excluding hydrogens is 256 g/mol. The zero-order chi connectivity index (χ0) is 14.1. The Kier molecular flexibility index (Phi) is 3.15. The molecule has 0 aliphatic carbocycles. The van der Waals surface area contributed by atoms with E-state index in [9.17, 15) is 4.79 Å². The van der Waals surface area contributed by atoms with Crippen molar-refractivity contribution >= 4 is 21.9 Å². The lowest BCUT2D eigenvalue weighted by molar-refractivity contribution is 0.185. The number of ether oxygens (including phenoxy) is 1. The molecule has 3 aromatic rings. The van der Waals surface area contributed by atoms with Crippen LogP contribution in [0.1, 0.15) is 5.82 Å². The van der Waals surface area contributed by atoms with Gasteiger partial charge in [-0.3, -0.25) is 9.36 Å². The molecule has 0 fully saturated rings. The van der Waals surface area contributed by atoms with Gasteiger partial charge in [0.25, 0.3) is 5.56 Å². The molecular formula is C14H14N4O2. The Morgan fingerprint density at radius 2 is 2.00 bits per heavy atom. The largest absolute Gasteiger partial charge is 0.383 e. The van der Waals surface area contributed by atoms with Crippen LogP contribution in [0, 0.1) is 6.92 Å². The number of hydrogen-bond acceptors (Lipinski definition) is 5. The summed E-state index contributed by atoms with van der Waals surface area (Å²) in [5.74, 6) is 0.651. The number of rotatable bonds is 3. The van der Waals surface area contributed by atoms with E-state index in [0.717, 1.165) is 10.9 Å². The van der Waals surface area contributed by atoms with Crippen molar-refractivity contribution in [1.82, 2.24) is 19.7 Å². The van der Waals surface area contributed by atoms with Crippen LogP contribution in [-0.2, 0) is 11.3 Å². The molecule has 0 aliphatic heterocycles. The predicted molar refractivity (Wildman–Crippen MR) is 75.7 cm³/mol. The quantitative estimate of drug-likeness (QED) is 0.671. The molecule has 0 bridgehead atoms. The second-order valence-corrected chi connectivity index (χ2v) is 4.52. The zero-order valence-electron chi connectivity index (χ0n) is 11.3. The van der Waals surface area contributed by atoms with Crippen LogP contribution in [0.25, 0.3) is 21.9 Å². The molecule has 2 heterocycles. The highest BCUT2D eigenvalue weighted by molar-refractivity contribution is 6.00. The third-order valence-corrected chi connectivity index (χ3v) is 3.27. The van der Waals surface area contributed by atoms with Crippen molar-refractivity contribution in [3.8, 4) is 0 Å². The molecule has 6 nitrogen and oxygen atoms in total. The Labute approximate surface area is 115 Å². The highest BCUT2D eigenvalue weighted by Gasteiger charge is 2.12. The van der Waals surface area contributed by atoms with Crippen LogP contribution >= 0.6 is 0 Å². The lowest BCUT2D eigenvalue weighted by Crippen LogP contribution is -2.26. The number of aryl methyl sites for hydroxylation is 1. The fourth-order valence-electron chi connectivity index (χ4n) is 2.24. The average Bonchev–Trinajstić information content (AvgIpc) is 2.47. The molecule has 0 unspecified atom stereocenters. The van der Waals surface area contributed by atoms with Crippen molar-refractivity contribution in [2.24, 2.45) is 0 Å².